The number of hydrogen-bond acceptors (Lipinski definition) is 2. The van der Waals surface area contributed by atoms with Crippen molar-refractivity contribution in [2.75, 3.05) is 6.54 Å². The summed E-state index contributed by atoms with van der Waals surface area (Å²) in [5.74, 6) is 0. The van der Waals surface area contributed by atoms with Gasteiger partial charge < -0.3 is 11.9 Å². The molecule has 0 aromatic heterocycles. The van der Waals surface area contributed by atoms with Crippen LogP contribution < -0.4 is 11.9 Å². The molecule has 0 unspecified atom stereocenters. The van der Waals surface area contributed by atoms with Gasteiger partial charge in [-0.25, -0.2) is 0 Å². The zero-order valence-electron chi connectivity index (χ0n) is 8.28. The Bertz CT molecular complexity index is 94.4. The molecule has 0 rings (SSSR count). The molecule has 9 heavy (non-hydrogen) atoms. The Hall–Kier alpha value is -0.340. The standard InChI is InChI=1S/C7H15N.H3N/c1-4-5-7(2,3)6-8;/h4H,1,5-6,8H2,2-3H3;1H3/i/hD2. The van der Waals surface area contributed by atoms with Gasteiger partial charge in [0.1, 0.15) is 2.82 Å². The van der Waals surface area contributed by atoms with Crippen molar-refractivity contribution in [1.82, 2.24) is 6.14 Å². The molecule has 5 N–H and O–H groups in total. The van der Waals surface area contributed by atoms with Gasteiger partial charge in [-0.05, 0) is 18.4 Å². The van der Waals surface area contributed by atoms with E-state index in [9.17, 15) is 0 Å². The van der Waals surface area contributed by atoms with Crippen molar-refractivity contribution in [1.29, 1.82) is 0 Å². The maximum absolute atomic E-state index is 5.62. The van der Waals surface area contributed by atoms with E-state index in [1.807, 2.05) is 6.08 Å². The van der Waals surface area contributed by atoms with Gasteiger partial charge in [-0.1, -0.05) is 19.9 Å². The highest BCUT2D eigenvalue weighted by Gasteiger charge is 2.11. The van der Waals surface area contributed by atoms with Crippen molar-refractivity contribution < 1.29 is 2.82 Å². The maximum Gasteiger partial charge on any atom is 0.115 e. The number of hydrogen-bond donors (Lipinski definition) is 2. The zero-order valence-corrected chi connectivity index (χ0v) is 6.28. The van der Waals surface area contributed by atoms with E-state index >= 15 is 0 Å². The Balaban J connectivity index is 0. The van der Waals surface area contributed by atoms with E-state index < -0.39 is 0 Å². The second-order valence-electron chi connectivity index (χ2n) is 2.86. The summed E-state index contributed by atoms with van der Waals surface area (Å²) in [6.07, 6.45) is 4.16. The van der Waals surface area contributed by atoms with Crippen molar-refractivity contribution in [3.63, 3.8) is 0 Å². The summed E-state index contributed by atoms with van der Waals surface area (Å²) < 4.78 is 11.2. The topological polar surface area (TPSA) is 61.0 Å². The van der Waals surface area contributed by atoms with Gasteiger partial charge in [-0.15, -0.1) is 6.58 Å². The molecule has 0 aliphatic rings. The highest BCUT2D eigenvalue weighted by Crippen LogP contribution is 2.17. The van der Waals surface area contributed by atoms with Crippen LogP contribution in [-0.4, -0.2) is 6.54 Å². The van der Waals surface area contributed by atoms with Crippen LogP contribution in [0.3, 0.4) is 0 Å². The summed E-state index contributed by atoms with van der Waals surface area (Å²) in [6, 6.07) is 0. The van der Waals surface area contributed by atoms with E-state index in [2.05, 4.69) is 20.4 Å². The van der Waals surface area contributed by atoms with Crippen LogP contribution >= 0.6 is 0 Å². The quantitative estimate of drug-likeness (QED) is 0.574. The second-order valence-corrected chi connectivity index (χ2v) is 2.86. The maximum atomic E-state index is 5.62. The van der Waals surface area contributed by atoms with Gasteiger partial charge in [0.15, 0.2) is 0 Å². The fraction of sp³-hybridized carbons (Fsp3) is 0.714. The summed E-state index contributed by atoms with van der Waals surface area (Å²) in [6.45, 7) is 8.64. The minimum Gasteiger partial charge on any atom is -0.344 e. The lowest BCUT2D eigenvalue weighted by molar-refractivity contribution is 0.385. The van der Waals surface area contributed by atoms with Crippen molar-refractivity contribution in [2.45, 2.75) is 20.3 Å². The molecule has 0 spiro atoms. The Kier molecular flexibility index (Phi) is 3.41. The van der Waals surface area contributed by atoms with Crippen LogP contribution in [0, 0.1) is 5.41 Å². The molecule has 0 aliphatic carbocycles. The van der Waals surface area contributed by atoms with E-state index in [1.54, 1.807) is 0 Å². The first-order chi connectivity index (χ1) is 5.04. The van der Waals surface area contributed by atoms with Crippen LogP contribution in [0.25, 0.3) is 0 Å². The molecule has 0 saturated heterocycles. The van der Waals surface area contributed by atoms with Crippen molar-refractivity contribution in [2.24, 2.45) is 11.1 Å². The normalized spacial score (nSPS) is 12.3. The van der Waals surface area contributed by atoms with Gasteiger partial charge in [0.25, 0.3) is 0 Å². The summed E-state index contributed by atoms with van der Waals surface area (Å²) in [5.41, 5.74) is 5.70. The summed E-state index contributed by atoms with van der Waals surface area (Å²) in [5, 5.41) is 0. The minimum absolute atomic E-state index is 0.252. The molecule has 0 bridgehead atoms. The lowest BCUT2D eigenvalue weighted by Gasteiger charge is -2.18. The molecule has 0 aliphatic heterocycles. The van der Waals surface area contributed by atoms with Crippen LogP contribution in [0.15, 0.2) is 12.7 Å². The zero-order chi connectivity index (χ0) is 9.33. The fourth-order valence-electron chi connectivity index (χ4n) is 0.474. The van der Waals surface area contributed by atoms with Crippen LogP contribution in [0.4, 0.5) is 0 Å². The fourth-order valence-corrected chi connectivity index (χ4v) is 0.474. The third kappa shape index (κ3) is 5.53. The van der Waals surface area contributed by atoms with E-state index in [4.69, 9.17) is 8.56 Å². The molecule has 0 fully saturated rings. The average molecular weight is 132 g/mol. The first-order valence-electron chi connectivity index (χ1n) is 3.93. The molecular weight excluding hydrogens is 112 g/mol. The summed E-state index contributed by atoms with van der Waals surface area (Å²) in [4.78, 5) is 0. The van der Waals surface area contributed by atoms with E-state index in [0.29, 0.717) is 0 Å². The van der Waals surface area contributed by atoms with E-state index in [-0.39, 0.29) is 5.41 Å². The Morgan fingerprint density at radius 2 is 2.33 bits per heavy atom. The smallest absolute Gasteiger partial charge is 0.115 e. The van der Waals surface area contributed by atoms with Gasteiger partial charge in [-0.2, -0.15) is 0 Å². The lowest BCUT2D eigenvalue weighted by Crippen LogP contribution is -2.22. The van der Waals surface area contributed by atoms with Crippen molar-refractivity contribution in [3.8, 4) is 0 Å². The molecule has 0 aromatic carbocycles. The Morgan fingerprint density at radius 3 is 2.44 bits per heavy atom. The average Bonchev–Trinajstić information content (AvgIpc) is 1.90. The van der Waals surface area contributed by atoms with Gasteiger partial charge >= 0.3 is 0 Å². The molecule has 0 amide bonds. The number of nitrogens with two attached hydrogens (primary N) is 1. The Labute approximate surface area is 60.6 Å². The molecule has 0 atom stereocenters. The first kappa shape index (κ1) is 6.78. The first-order valence-corrected chi connectivity index (χ1v) is 2.93. The SMILES string of the molecule is C=CCC(C)(C)CN.[2H]N[2H]. The van der Waals surface area contributed by atoms with Crippen molar-refractivity contribution in [3.05, 3.63) is 12.7 Å². The van der Waals surface area contributed by atoms with E-state index in [0.717, 1.165) is 13.0 Å². The van der Waals surface area contributed by atoms with Gasteiger partial charge in [-0.3, -0.25) is 0 Å². The van der Waals surface area contributed by atoms with Crippen LogP contribution in [-0.2, 0) is 0 Å². The van der Waals surface area contributed by atoms with Gasteiger partial charge in [0.2, 0.25) is 0 Å². The van der Waals surface area contributed by atoms with Crippen LogP contribution in [0.1, 0.15) is 20.3 Å². The molecule has 0 aromatic rings. The largest absolute Gasteiger partial charge is 0.344 e. The van der Waals surface area contributed by atoms with Gasteiger partial charge in [0, 0.05) is 0 Å². The van der Waals surface area contributed by atoms with Gasteiger partial charge in [0.05, 0.1) is 0 Å². The predicted molar refractivity (Wildman–Crippen MR) is 42.7 cm³/mol. The molecule has 0 saturated carbocycles. The lowest BCUT2D eigenvalue weighted by atomic mass is 9.90. The Morgan fingerprint density at radius 1 is 1.89 bits per heavy atom. The molecule has 0 heterocycles. The molecule has 0 radical (unpaired) electrons. The molecule has 56 valence electrons. The predicted octanol–water partition coefficient (Wildman–Crippen LogP) is 1.71. The molecule has 2 heteroatoms. The number of allylic oxidation sites excluding steroid dienone is 1. The summed E-state index contributed by atoms with van der Waals surface area (Å²) in [7, 11) is 0. The molecular formula is C7H18N2. The van der Waals surface area contributed by atoms with Crippen LogP contribution in [0.5, 0.6) is 0 Å². The van der Waals surface area contributed by atoms with Crippen LogP contribution in [0.2, 0.25) is 2.82 Å². The highest BCUT2D eigenvalue weighted by atomic mass is 14.6. The minimum atomic E-state index is 0.252. The second kappa shape index (κ2) is 4.53. The molecule has 2 nitrogen and oxygen atoms in total. The van der Waals surface area contributed by atoms with E-state index in [1.165, 1.54) is 6.14 Å². The third-order valence-electron chi connectivity index (χ3n) is 1.25. The number of rotatable bonds is 3. The summed E-state index contributed by atoms with van der Waals surface area (Å²) >= 11 is 0. The monoisotopic (exact) mass is 132 g/mol. The highest BCUT2D eigenvalue weighted by molar-refractivity contribution is 4.79. The third-order valence-corrected chi connectivity index (χ3v) is 1.25. The van der Waals surface area contributed by atoms with Crippen molar-refractivity contribution >= 4 is 0 Å².